The van der Waals surface area contributed by atoms with Crippen LogP contribution in [-0.2, 0) is 14.3 Å². The monoisotopic (exact) mass is 204 g/mol. The van der Waals surface area contributed by atoms with Crippen molar-refractivity contribution in [1.29, 1.82) is 0 Å². The molecule has 3 heteroatoms. The van der Waals surface area contributed by atoms with Gasteiger partial charge in [-0.1, -0.05) is 30.3 Å². The molecule has 0 saturated carbocycles. The summed E-state index contributed by atoms with van der Waals surface area (Å²) in [4.78, 5) is 11.5. The van der Waals surface area contributed by atoms with Crippen LogP contribution in [0.2, 0.25) is 0 Å². The Bertz CT molecular complexity index is 374. The minimum atomic E-state index is -0.105. The molecule has 2 aliphatic rings. The van der Waals surface area contributed by atoms with Crippen LogP contribution in [0.15, 0.2) is 30.3 Å². The van der Waals surface area contributed by atoms with Crippen molar-refractivity contribution < 1.29 is 14.3 Å². The van der Waals surface area contributed by atoms with Gasteiger partial charge in [-0.05, 0) is 5.56 Å². The maximum atomic E-state index is 11.5. The molecule has 3 rings (SSSR count). The summed E-state index contributed by atoms with van der Waals surface area (Å²) in [7, 11) is 0. The van der Waals surface area contributed by atoms with Gasteiger partial charge < -0.3 is 9.47 Å². The first kappa shape index (κ1) is 8.92. The summed E-state index contributed by atoms with van der Waals surface area (Å²) in [5.41, 5.74) is 1.07. The summed E-state index contributed by atoms with van der Waals surface area (Å²) in [6.45, 7) is 1.16. The van der Waals surface area contributed by atoms with Gasteiger partial charge in [0.2, 0.25) is 0 Å². The van der Waals surface area contributed by atoms with Crippen LogP contribution >= 0.6 is 0 Å². The van der Waals surface area contributed by atoms with E-state index in [0.717, 1.165) is 5.56 Å². The Morgan fingerprint density at radius 1 is 1.13 bits per heavy atom. The van der Waals surface area contributed by atoms with Crippen LogP contribution in [0.25, 0.3) is 0 Å². The van der Waals surface area contributed by atoms with Crippen LogP contribution < -0.4 is 0 Å². The second-order valence-electron chi connectivity index (χ2n) is 4.08. The fraction of sp³-hybridized carbons (Fsp3) is 0.417. The SMILES string of the molecule is O=C1O[C@@H](c2ccccc2)[C@@H]2COC[C@H]12. The van der Waals surface area contributed by atoms with Gasteiger partial charge in [0, 0.05) is 5.92 Å². The van der Waals surface area contributed by atoms with E-state index in [-0.39, 0.29) is 23.9 Å². The minimum absolute atomic E-state index is 0.0461. The first-order valence-electron chi connectivity index (χ1n) is 5.19. The zero-order valence-electron chi connectivity index (χ0n) is 8.26. The van der Waals surface area contributed by atoms with E-state index in [9.17, 15) is 4.79 Å². The molecule has 0 amide bonds. The molecule has 1 aromatic carbocycles. The number of esters is 1. The summed E-state index contributed by atoms with van der Waals surface area (Å²) in [6, 6.07) is 9.89. The zero-order chi connectivity index (χ0) is 10.3. The number of benzene rings is 1. The Morgan fingerprint density at radius 2 is 1.93 bits per heavy atom. The molecular weight excluding hydrogens is 192 g/mol. The van der Waals surface area contributed by atoms with Crippen molar-refractivity contribution >= 4 is 5.97 Å². The standard InChI is InChI=1S/C12H12O3/c13-12-10-7-14-6-9(10)11(15-12)8-4-2-1-3-5-8/h1-5,9-11H,6-7H2/t9-,10+,11+/m1/s1. The lowest BCUT2D eigenvalue weighted by Crippen LogP contribution is -2.14. The number of carbonyl (C=O) groups is 1. The van der Waals surface area contributed by atoms with E-state index < -0.39 is 0 Å². The average molecular weight is 204 g/mol. The van der Waals surface area contributed by atoms with Crippen LogP contribution in [0, 0.1) is 11.8 Å². The maximum Gasteiger partial charge on any atom is 0.312 e. The quantitative estimate of drug-likeness (QED) is 0.651. The molecule has 0 unspecified atom stereocenters. The Kier molecular flexibility index (Phi) is 1.99. The average Bonchev–Trinajstić information content (AvgIpc) is 2.84. The summed E-state index contributed by atoms with van der Waals surface area (Å²) in [6.07, 6.45) is -0.105. The Balaban J connectivity index is 1.92. The van der Waals surface area contributed by atoms with Gasteiger partial charge in [0.15, 0.2) is 0 Å². The van der Waals surface area contributed by atoms with Gasteiger partial charge in [-0.25, -0.2) is 0 Å². The molecule has 2 heterocycles. The predicted octanol–water partition coefficient (Wildman–Crippen LogP) is 1.55. The molecule has 3 nitrogen and oxygen atoms in total. The largest absolute Gasteiger partial charge is 0.457 e. The number of carbonyl (C=O) groups excluding carboxylic acids is 1. The van der Waals surface area contributed by atoms with Crippen LogP contribution in [0.1, 0.15) is 11.7 Å². The van der Waals surface area contributed by atoms with Gasteiger partial charge in [0.05, 0.1) is 19.1 Å². The molecule has 0 bridgehead atoms. The third-order valence-corrected chi connectivity index (χ3v) is 3.19. The number of fused-ring (bicyclic) bond motifs is 1. The summed E-state index contributed by atoms with van der Waals surface area (Å²) in [5.74, 6) is 0.0569. The Morgan fingerprint density at radius 3 is 2.73 bits per heavy atom. The van der Waals surface area contributed by atoms with E-state index in [1.54, 1.807) is 0 Å². The van der Waals surface area contributed by atoms with Crippen molar-refractivity contribution in [3.8, 4) is 0 Å². The molecule has 78 valence electrons. The number of hydrogen-bond donors (Lipinski definition) is 0. The predicted molar refractivity (Wildman–Crippen MR) is 53.1 cm³/mol. The van der Waals surface area contributed by atoms with Gasteiger partial charge in [-0.2, -0.15) is 0 Å². The van der Waals surface area contributed by atoms with Crippen molar-refractivity contribution in [2.45, 2.75) is 6.10 Å². The van der Waals surface area contributed by atoms with Crippen LogP contribution in [-0.4, -0.2) is 19.2 Å². The zero-order valence-corrected chi connectivity index (χ0v) is 8.26. The van der Waals surface area contributed by atoms with Gasteiger partial charge in [-0.3, -0.25) is 4.79 Å². The van der Waals surface area contributed by atoms with Gasteiger partial charge in [-0.15, -0.1) is 0 Å². The van der Waals surface area contributed by atoms with Crippen molar-refractivity contribution in [3.05, 3.63) is 35.9 Å². The van der Waals surface area contributed by atoms with Crippen molar-refractivity contribution in [2.24, 2.45) is 11.8 Å². The molecule has 15 heavy (non-hydrogen) atoms. The number of cyclic esters (lactones) is 1. The molecule has 0 radical (unpaired) electrons. The summed E-state index contributed by atoms with van der Waals surface area (Å²) < 4.78 is 10.7. The summed E-state index contributed by atoms with van der Waals surface area (Å²) in [5, 5.41) is 0. The van der Waals surface area contributed by atoms with Gasteiger partial charge in [0.25, 0.3) is 0 Å². The van der Waals surface area contributed by atoms with Crippen LogP contribution in [0.5, 0.6) is 0 Å². The second-order valence-corrected chi connectivity index (χ2v) is 4.08. The highest BCUT2D eigenvalue weighted by atomic mass is 16.6. The smallest absolute Gasteiger partial charge is 0.312 e. The van der Waals surface area contributed by atoms with Crippen LogP contribution in [0.4, 0.5) is 0 Å². The Hall–Kier alpha value is -1.35. The third kappa shape index (κ3) is 1.35. The molecule has 0 aliphatic carbocycles. The van der Waals surface area contributed by atoms with Crippen LogP contribution in [0.3, 0.4) is 0 Å². The van der Waals surface area contributed by atoms with E-state index in [4.69, 9.17) is 9.47 Å². The molecule has 2 aliphatic heterocycles. The summed E-state index contributed by atoms with van der Waals surface area (Å²) >= 11 is 0. The molecule has 2 saturated heterocycles. The van der Waals surface area contributed by atoms with Crippen molar-refractivity contribution in [1.82, 2.24) is 0 Å². The Labute approximate surface area is 88.0 Å². The fourth-order valence-electron chi connectivity index (χ4n) is 2.37. The van der Waals surface area contributed by atoms with E-state index in [1.807, 2.05) is 30.3 Å². The molecule has 0 aromatic heterocycles. The number of rotatable bonds is 1. The lowest BCUT2D eigenvalue weighted by molar-refractivity contribution is -0.146. The topological polar surface area (TPSA) is 35.5 Å². The van der Waals surface area contributed by atoms with Gasteiger partial charge in [0.1, 0.15) is 6.10 Å². The van der Waals surface area contributed by atoms with E-state index in [2.05, 4.69) is 0 Å². The molecule has 1 aromatic rings. The fourth-order valence-corrected chi connectivity index (χ4v) is 2.37. The first-order valence-corrected chi connectivity index (χ1v) is 5.19. The minimum Gasteiger partial charge on any atom is -0.457 e. The lowest BCUT2D eigenvalue weighted by Gasteiger charge is -2.14. The third-order valence-electron chi connectivity index (χ3n) is 3.19. The molecule has 2 fully saturated rings. The molecule has 3 atom stereocenters. The molecule has 0 N–H and O–H groups in total. The number of hydrogen-bond acceptors (Lipinski definition) is 3. The van der Waals surface area contributed by atoms with E-state index in [0.29, 0.717) is 13.2 Å². The molecular formula is C12H12O3. The lowest BCUT2D eigenvalue weighted by atomic mass is 9.90. The van der Waals surface area contributed by atoms with Gasteiger partial charge >= 0.3 is 5.97 Å². The van der Waals surface area contributed by atoms with E-state index in [1.165, 1.54) is 0 Å². The van der Waals surface area contributed by atoms with E-state index >= 15 is 0 Å². The second kappa shape index (κ2) is 3.35. The van der Waals surface area contributed by atoms with Crippen molar-refractivity contribution in [3.63, 3.8) is 0 Å². The first-order chi connectivity index (χ1) is 7.36. The number of ether oxygens (including phenoxy) is 2. The van der Waals surface area contributed by atoms with Crippen molar-refractivity contribution in [2.75, 3.05) is 13.2 Å². The highest BCUT2D eigenvalue weighted by molar-refractivity contribution is 5.76. The highest BCUT2D eigenvalue weighted by Gasteiger charge is 2.48. The molecule has 0 spiro atoms. The maximum absolute atomic E-state index is 11.5. The normalized spacial score (nSPS) is 33.9. The highest BCUT2D eigenvalue weighted by Crippen LogP contribution is 2.42.